The van der Waals surface area contributed by atoms with Crippen LogP contribution in [0.1, 0.15) is 6.42 Å². The predicted molar refractivity (Wildman–Crippen MR) is 34.4 cm³/mol. The fourth-order valence-corrected chi connectivity index (χ4v) is 0.548. The maximum atomic E-state index is 5.45. The van der Waals surface area contributed by atoms with E-state index < -0.39 is 0 Å². The minimum absolute atomic E-state index is 0.0544. The Morgan fingerprint density at radius 3 is 3.25 bits per heavy atom. The van der Waals surface area contributed by atoms with Crippen LogP contribution in [-0.4, -0.2) is 25.1 Å². The molecule has 0 fully saturated rings. The van der Waals surface area contributed by atoms with Gasteiger partial charge in [-0.3, -0.25) is 9.98 Å². The number of hydrogen-bond donors (Lipinski definition) is 1. The van der Waals surface area contributed by atoms with Crippen molar-refractivity contribution >= 4 is 12.4 Å². The van der Waals surface area contributed by atoms with Gasteiger partial charge in [0.2, 0.25) is 0 Å². The summed E-state index contributed by atoms with van der Waals surface area (Å²) in [5.41, 5.74) is 5.45. The quantitative estimate of drug-likeness (QED) is 0.463. The Kier molecular flexibility index (Phi) is 1.75. The number of aliphatic imine (C=N–C) groups is 2. The smallest absolute Gasteiger partial charge is 0.102 e. The molecular formula is C5H9N3. The fraction of sp³-hybridized carbons (Fsp3) is 0.600. The van der Waals surface area contributed by atoms with E-state index in [4.69, 9.17) is 5.73 Å². The van der Waals surface area contributed by atoms with Gasteiger partial charge in [-0.15, -0.1) is 0 Å². The summed E-state index contributed by atoms with van der Waals surface area (Å²) in [6, 6.07) is 0. The van der Waals surface area contributed by atoms with Gasteiger partial charge in [-0.05, 0) is 0 Å². The third-order valence-corrected chi connectivity index (χ3v) is 0.960. The fourth-order valence-electron chi connectivity index (χ4n) is 0.548. The van der Waals surface area contributed by atoms with Crippen molar-refractivity contribution in [1.82, 2.24) is 0 Å². The zero-order valence-electron chi connectivity index (χ0n) is 4.62. The SMILES string of the molecule is NC1CC=NCC=N1. The summed E-state index contributed by atoms with van der Waals surface area (Å²) in [7, 11) is 0. The zero-order chi connectivity index (χ0) is 5.82. The first-order valence-corrected chi connectivity index (χ1v) is 2.65. The topological polar surface area (TPSA) is 50.7 Å². The van der Waals surface area contributed by atoms with Crippen molar-refractivity contribution in [3.8, 4) is 0 Å². The minimum Gasteiger partial charge on any atom is -0.309 e. The van der Waals surface area contributed by atoms with Gasteiger partial charge < -0.3 is 5.73 Å². The van der Waals surface area contributed by atoms with E-state index in [1.165, 1.54) is 0 Å². The van der Waals surface area contributed by atoms with E-state index in [-0.39, 0.29) is 6.17 Å². The zero-order valence-corrected chi connectivity index (χ0v) is 4.62. The second-order valence-electron chi connectivity index (χ2n) is 1.68. The molecule has 8 heavy (non-hydrogen) atoms. The van der Waals surface area contributed by atoms with Crippen LogP contribution in [0.2, 0.25) is 0 Å². The van der Waals surface area contributed by atoms with E-state index in [9.17, 15) is 0 Å². The molecule has 44 valence electrons. The monoisotopic (exact) mass is 111 g/mol. The van der Waals surface area contributed by atoms with Gasteiger partial charge >= 0.3 is 0 Å². The van der Waals surface area contributed by atoms with Gasteiger partial charge in [0, 0.05) is 18.9 Å². The Bertz CT molecular complexity index is 117. The summed E-state index contributed by atoms with van der Waals surface area (Å²) in [4.78, 5) is 7.92. The van der Waals surface area contributed by atoms with Crippen LogP contribution in [0.4, 0.5) is 0 Å². The molecule has 1 heterocycles. The molecular weight excluding hydrogens is 102 g/mol. The van der Waals surface area contributed by atoms with Gasteiger partial charge in [0.25, 0.3) is 0 Å². The van der Waals surface area contributed by atoms with Gasteiger partial charge in [0.1, 0.15) is 6.17 Å². The van der Waals surface area contributed by atoms with Crippen LogP contribution in [0.5, 0.6) is 0 Å². The van der Waals surface area contributed by atoms with Crippen molar-refractivity contribution in [2.45, 2.75) is 12.6 Å². The van der Waals surface area contributed by atoms with Crippen molar-refractivity contribution in [1.29, 1.82) is 0 Å². The molecule has 0 saturated heterocycles. The van der Waals surface area contributed by atoms with Crippen LogP contribution < -0.4 is 5.73 Å². The van der Waals surface area contributed by atoms with Crippen LogP contribution >= 0.6 is 0 Å². The van der Waals surface area contributed by atoms with Crippen LogP contribution in [0.25, 0.3) is 0 Å². The lowest BCUT2D eigenvalue weighted by Crippen LogP contribution is -2.16. The molecule has 0 amide bonds. The highest BCUT2D eigenvalue weighted by atomic mass is 14.9. The molecule has 0 aromatic heterocycles. The molecule has 3 heteroatoms. The van der Waals surface area contributed by atoms with E-state index in [0.717, 1.165) is 6.42 Å². The number of nitrogens with zero attached hydrogens (tertiary/aromatic N) is 2. The Labute approximate surface area is 48.3 Å². The molecule has 0 aromatic rings. The van der Waals surface area contributed by atoms with Crippen molar-refractivity contribution in [2.24, 2.45) is 15.7 Å². The molecule has 1 atom stereocenters. The molecule has 2 N–H and O–H groups in total. The van der Waals surface area contributed by atoms with Crippen LogP contribution in [0, 0.1) is 0 Å². The van der Waals surface area contributed by atoms with E-state index >= 15 is 0 Å². The molecule has 0 saturated carbocycles. The minimum atomic E-state index is -0.0544. The van der Waals surface area contributed by atoms with Crippen LogP contribution in [0.3, 0.4) is 0 Å². The van der Waals surface area contributed by atoms with Crippen LogP contribution in [0.15, 0.2) is 9.98 Å². The Morgan fingerprint density at radius 1 is 1.50 bits per heavy atom. The summed E-state index contributed by atoms with van der Waals surface area (Å²) in [6.07, 6.45) is 4.28. The molecule has 1 rings (SSSR count). The van der Waals surface area contributed by atoms with Gasteiger partial charge in [-0.25, -0.2) is 0 Å². The summed E-state index contributed by atoms with van der Waals surface area (Å²) in [5, 5.41) is 0. The molecule has 0 bridgehead atoms. The molecule has 1 aliphatic heterocycles. The van der Waals surface area contributed by atoms with E-state index in [0.29, 0.717) is 6.54 Å². The first-order chi connectivity index (χ1) is 3.89. The summed E-state index contributed by atoms with van der Waals surface area (Å²) >= 11 is 0. The van der Waals surface area contributed by atoms with E-state index in [2.05, 4.69) is 9.98 Å². The van der Waals surface area contributed by atoms with Gasteiger partial charge in [0.05, 0.1) is 6.54 Å². The van der Waals surface area contributed by atoms with Gasteiger partial charge in [-0.1, -0.05) is 0 Å². The average Bonchev–Trinajstić information content (AvgIpc) is 1.94. The first kappa shape index (κ1) is 5.44. The molecule has 0 spiro atoms. The molecule has 1 aliphatic rings. The summed E-state index contributed by atoms with van der Waals surface area (Å²) < 4.78 is 0. The van der Waals surface area contributed by atoms with Gasteiger partial charge in [0.15, 0.2) is 0 Å². The second-order valence-corrected chi connectivity index (χ2v) is 1.68. The van der Waals surface area contributed by atoms with Crippen molar-refractivity contribution < 1.29 is 0 Å². The lowest BCUT2D eigenvalue weighted by atomic mass is 10.4. The molecule has 0 radical (unpaired) electrons. The summed E-state index contributed by atoms with van der Waals surface area (Å²) in [5.74, 6) is 0. The van der Waals surface area contributed by atoms with Crippen molar-refractivity contribution in [3.05, 3.63) is 0 Å². The lowest BCUT2D eigenvalue weighted by molar-refractivity contribution is 0.756. The first-order valence-electron chi connectivity index (χ1n) is 2.65. The summed E-state index contributed by atoms with van der Waals surface area (Å²) in [6.45, 7) is 0.688. The second kappa shape index (κ2) is 2.57. The lowest BCUT2D eigenvalue weighted by Gasteiger charge is -1.95. The number of hydrogen-bond acceptors (Lipinski definition) is 3. The Balaban J connectivity index is 2.48. The van der Waals surface area contributed by atoms with E-state index in [1.54, 1.807) is 6.21 Å². The highest BCUT2D eigenvalue weighted by Gasteiger charge is 1.95. The number of rotatable bonds is 0. The third kappa shape index (κ3) is 1.42. The molecule has 0 aromatic carbocycles. The largest absolute Gasteiger partial charge is 0.309 e. The average molecular weight is 111 g/mol. The van der Waals surface area contributed by atoms with Crippen molar-refractivity contribution in [3.63, 3.8) is 0 Å². The highest BCUT2D eigenvalue weighted by molar-refractivity contribution is 5.68. The Morgan fingerprint density at radius 2 is 2.38 bits per heavy atom. The third-order valence-electron chi connectivity index (χ3n) is 0.960. The molecule has 1 unspecified atom stereocenters. The Hall–Kier alpha value is -0.700. The van der Waals surface area contributed by atoms with Crippen molar-refractivity contribution in [2.75, 3.05) is 6.54 Å². The standard InChI is InChI=1S/C5H9N3/c6-5-1-2-7-3-4-8-5/h2,4-5H,1,3,6H2. The maximum absolute atomic E-state index is 5.45. The highest BCUT2D eigenvalue weighted by Crippen LogP contribution is 1.88. The normalized spacial score (nSPS) is 27.9. The maximum Gasteiger partial charge on any atom is 0.102 e. The number of nitrogens with two attached hydrogens (primary N) is 1. The predicted octanol–water partition coefficient (Wildman–Crippen LogP) is -0.184. The van der Waals surface area contributed by atoms with Gasteiger partial charge in [-0.2, -0.15) is 0 Å². The van der Waals surface area contributed by atoms with E-state index in [1.807, 2.05) is 6.21 Å². The van der Waals surface area contributed by atoms with Crippen LogP contribution in [-0.2, 0) is 0 Å². The molecule has 0 aliphatic carbocycles. The molecule has 3 nitrogen and oxygen atoms in total.